The number of hydrogen-bond donors (Lipinski definition) is 1. The highest BCUT2D eigenvalue weighted by Crippen LogP contribution is 2.34. The van der Waals surface area contributed by atoms with E-state index in [1.165, 1.54) is 5.56 Å². The van der Waals surface area contributed by atoms with Gasteiger partial charge in [-0.3, -0.25) is 0 Å². The van der Waals surface area contributed by atoms with Gasteiger partial charge in [-0.2, -0.15) is 0 Å². The summed E-state index contributed by atoms with van der Waals surface area (Å²) in [5.74, 6) is 2.17. The van der Waals surface area contributed by atoms with Crippen molar-refractivity contribution in [2.45, 2.75) is 39.7 Å². The Labute approximate surface area is 135 Å². The molecule has 2 aromatic rings. The molecule has 0 fully saturated rings. The molecule has 112 valence electrons. The van der Waals surface area contributed by atoms with Gasteiger partial charge in [-0.15, -0.1) is 0 Å². The second-order valence-corrected chi connectivity index (χ2v) is 6.67. The molecule has 2 aromatic carbocycles. The third-order valence-electron chi connectivity index (χ3n) is 3.56. The minimum atomic E-state index is -0.0679. The Hall–Kier alpha value is -1.32. The minimum Gasteiger partial charge on any atom is -0.457 e. The summed E-state index contributed by atoms with van der Waals surface area (Å²) in [5, 5.41) is 0. The first kappa shape index (κ1) is 16.1. The Morgan fingerprint density at radius 1 is 1.00 bits per heavy atom. The lowest BCUT2D eigenvalue weighted by atomic mass is 10.0. The molecule has 0 bridgehead atoms. The van der Waals surface area contributed by atoms with Crippen molar-refractivity contribution >= 4 is 15.9 Å². The fourth-order valence-electron chi connectivity index (χ4n) is 2.18. The van der Waals surface area contributed by atoms with Gasteiger partial charge in [0.15, 0.2) is 0 Å². The third-order valence-corrected chi connectivity index (χ3v) is 4.06. The van der Waals surface area contributed by atoms with Crippen LogP contribution in [0.2, 0.25) is 0 Å². The van der Waals surface area contributed by atoms with E-state index < -0.39 is 0 Å². The predicted octanol–water partition coefficient (Wildman–Crippen LogP) is 5.69. The van der Waals surface area contributed by atoms with Crippen LogP contribution in [0.25, 0.3) is 0 Å². The summed E-state index contributed by atoms with van der Waals surface area (Å²) in [5.41, 5.74) is 9.44. The van der Waals surface area contributed by atoms with Crippen molar-refractivity contribution < 1.29 is 4.74 Å². The largest absolute Gasteiger partial charge is 0.457 e. The normalized spacial score (nSPS) is 12.5. The summed E-state index contributed by atoms with van der Waals surface area (Å²) in [4.78, 5) is 0. The van der Waals surface area contributed by atoms with Gasteiger partial charge in [0, 0.05) is 16.1 Å². The fraction of sp³-hybridized carbons (Fsp3) is 0.333. The Bertz CT molecular complexity index is 635. The molecule has 2 N–H and O–H groups in total. The molecule has 1 unspecified atom stereocenters. The number of halogens is 1. The van der Waals surface area contributed by atoms with Gasteiger partial charge in [-0.25, -0.2) is 0 Å². The maximum atomic E-state index is 6.16. The molecule has 0 aromatic heterocycles. The van der Waals surface area contributed by atoms with Crippen LogP contribution in [0.4, 0.5) is 0 Å². The van der Waals surface area contributed by atoms with Gasteiger partial charge in [0.25, 0.3) is 0 Å². The van der Waals surface area contributed by atoms with Crippen molar-refractivity contribution in [3.8, 4) is 11.5 Å². The molecular formula is C18H22BrNO. The molecule has 0 aliphatic carbocycles. The van der Waals surface area contributed by atoms with E-state index in [1.807, 2.05) is 25.1 Å². The van der Waals surface area contributed by atoms with Crippen LogP contribution in [0, 0.1) is 6.92 Å². The maximum Gasteiger partial charge on any atom is 0.133 e. The van der Waals surface area contributed by atoms with E-state index in [9.17, 15) is 0 Å². The van der Waals surface area contributed by atoms with E-state index in [1.54, 1.807) is 0 Å². The van der Waals surface area contributed by atoms with Crippen molar-refractivity contribution in [1.29, 1.82) is 0 Å². The average Bonchev–Trinajstić information content (AvgIpc) is 2.40. The molecular weight excluding hydrogens is 326 g/mol. The van der Waals surface area contributed by atoms with Crippen LogP contribution in [0.3, 0.4) is 0 Å². The Morgan fingerprint density at radius 2 is 1.71 bits per heavy atom. The third kappa shape index (κ3) is 3.86. The second-order valence-electron chi connectivity index (χ2n) is 5.75. The van der Waals surface area contributed by atoms with Crippen LogP contribution in [0.15, 0.2) is 40.9 Å². The minimum absolute atomic E-state index is 0.0679. The highest BCUT2D eigenvalue weighted by Gasteiger charge is 2.12. The molecule has 0 aliphatic heterocycles. The zero-order valence-electron chi connectivity index (χ0n) is 13.0. The quantitative estimate of drug-likeness (QED) is 0.770. The topological polar surface area (TPSA) is 35.2 Å². The molecule has 3 heteroatoms. The van der Waals surface area contributed by atoms with Crippen molar-refractivity contribution in [2.24, 2.45) is 5.73 Å². The molecule has 1 atom stereocenters. The van der Waals surface area contributed by atoms with Crippen molar-refractivity contribution in [2.75, 3.05) is 0 Å². The first-order valence-corrected chi connectivity index (χ1v) is 8.01. The predicted molar refractivity (Wildman–Crippen MR) is 92.1 cm³/mol. The van der Waals surface area contributed by atoms with Gasteiger partial charge in [0.1, 0.15) is 11.5 Å². The monoisotopic (exact) mass is 347 g/mol. The van der Waals surface area contributed by atoms with Crippen molar-refractivity contribution in [3.63, 3.8) is 0 Å². The molecule has 0 saturated heterocycles. The molecule has 2 nitrogen and oxygen atoms in total. The molecule has 21 heavy (non-hydrogen) atoms. The molecule has 0 spiro atoms. The average molecular weight is 348 g/mol. The smallest absolute Gasteiger partial charge is 0.133 e. The van der Waals surface area contributed by atoms with E-state index in [4.69, 9.17) is 10.5 Å². The lowest BCUT2D eigenvalue weighted by molar-refractivity contribution is 0.467. The van der Waals surface area contributed by atoms with Crippen LogP contribution in [0.5, 0.6) is 11.5 Å². The van der Waals surface area contributed by atoms with Gasteiger partial charge in [0.2, 0.25) is 0 Å². The van der Waals surface area contributed by atoms with E-state index in [2.05, 4.69) is 54.9 Å². The van der Waals surface area contributed by atoms with E-state index in [0.717, 1.165) is 27.1 Å². The number of hydrogen-bond acceptors (Lipinski definition) is 2. The molecule has 2 rings (SSSR count). The molecule has 0 saturated carbocycles. The van der Waals surface area contributed by atoms with E-state index in [0.29, 0.717) is 5.92 Å². The zero-order valence-corrected chi connectivity index (χ0v) is 14.6. The lowest BCUT2D eigenvalue weighted by Gasteiger charge is -2.17. The fourth-order valence-corrected chi connectivity index (χ4v) is 2.52. The lowest BCUT2D eigenvalue weighted by Crippen LogP contribution is -2.07. The SMILES string of the molecule is Cc1ccc(C(C)C)cc1Oc1cc(Br)ccc1C(C)N. The summed E-state index contributed by atoms with van der Waals surface area (Å²) < 4.78 is 7.15. The van der Waals surface area contributed by atoms with Crippen LogP contribution in [0.1, 0.15) is 49.4 Å². The van der Waals surface area contributed by atoms with Crippen molar-refractivity contribution in [1.82, 2.24) is 0 Å². The van der Waals surface area contributed by atoms with Gasteiger partial charge in [-0.05, 0) is 49.1 Å². The van der Waals surface area contributed by atoms with Gasteiger partial charge >= 0.3 is 0 Å². The second kappa shape index (κ2) is 6.63. The van der Waals surface area contributed by atoms with Crippen LogP contribution >= 0.6 is 15.9 Å². The summed E-state index contributed by atoms with van der Waals surface area (Å²) >= 11 is 3.49. The molecule has 0 heterocycles. The number of aryl methyl sites for hydroxylation is 1. The van der Waals surface area contributed by atoms with Gasteiger partial charge in [0.05, 0.1) is 0 Å². The summed E-state index contributed by atoms with van der Waals surface area (Å²) in [6.45, 7) is 8.39. The maximum absolute atomic E-state index is 6.16. The zero-order chi connectivity index (χ0) is 15.6. The standard InChI is InChI=1S/C18H22BrNO/c1-11(2)14-6-5-12(3)17(9-14)21-18-10-15(19)7-8-16(18)13(4)20/h5-11,13H,20H2,1-4H3. The van der Waals surface area contributed by atoms with E-state index >= 15 is 0 Å². The summed E-state index contributed by atoms with van der Waals surface area (Å²) in [6, 6.07) is 12.3. The molecule has 0 aliphatic rings. The molecule has 0 amide bonds. The van der Waals surface area contributed by atoms with Crippen LogP contribution < -0.4 is 10.5 Å². The van der Waals surface area contributed by atoms with Crippen LogP contribution in [-0.2, 0) is 0 Å². The molecule has 0 radical (unpaired) electrons. The summed E-state index contributed by atoms with van der Waals surface area (Å²) in [7, 11) is 0. The number of rotatable bonds is 4. The first-order valence-electron chi connectivity index (χ1n) is 7.22. The van der Waals surface area contributed by atoms with Crippen molar-refractivity contribution in [3.05, 3.63) is 57.6 Å². The van der Waals surface area contributed by atoms with E-state index in [-0.39, 0.29) is 6.04 Å². The number of benzene rings is 2. The number of nitrogens with two attached hydrogens (primary N) is 1. The van der Waals surface area contributed by atoms with Gasteiger partial charge < -0.3 is 10.5 Å². The summed E-state index contributed by atoms with van der Waals surface area (Å²) in [6.07, 6.45) is 0. The Morgan fingerprint density at radius 3 is 2.33 bits per heavy atom. The van der Waals surface area contributed by atoms with Crippen LogP contribution in [-0.4, -0.2) is 0 Å². The highest BCUT2D eigenvalue weighted by atomic mass is 79.9. The van der Waals surface area contributed by atoms with Gasteiger partial charge in [-0.1, -0.05) is 48.0 Å². The number of ether oxygens (including phenoxy) is 1. The highest BCUT2D eigenvalue weighted by molar-refractivity contribution is 9.10. The Kier molecular flexibility index (Phi) is 5.07. The first-order chi connectivity index (χ1) is 9.88. The Balaban J connectivity index is 2.42.